The lowest BCUT2D eigenvalue weighted by Gasteiger charge is -2.05. The van der Waals surface area contributed by atoms with Crippen LogP contribution in [-0.2, 0) is 13.1 Å². The number of ether oxygens (including phenoxy) is 1. The van der Waals surface area contributed by atoms with Gasteiger partial charge >= 0.3 is 0 Å². The zero-order chi connectivity index (χ0) is 10.6. The first-order valence-electron chi connectivity index (χ1n) is 5.00. The van der Waals surface area contributed by atoms with E-state index >= 15 is 0 Å². The molecule has 1 aliphatic heterocycles. The highest BCUT2D eigenvalue weighted by molar-refractivity contribution is 5.37. The summed E-state index contributed by atoms with van der Waals surface area (Å²) in [5.41, 5.74) is 2.39. The van der Waals surface area contributed by atoms with E-state index < -0.39 is 0 Å². The van der Waals surface area contributed by atoms with Crippen LogP contribution in [0.4, 0.5) is 0 Å². The van der Waals surface area contributed by atoms with Crippen LogP contribution < -0.4 is 4.74 Å². The minimum absolute atomic E-state index is 0.937. The molecule has 0 aliphatic carbocycles. The molecule has 0 bridgehead atoms. The van der Waals surface area contributed by atoms with Crippen LogP contribution in [-0.4, -0.2) is 24.0 Å². The smallest absolute Gasteiger partial charge is 0.126 e. The maximum absolute atomic E-state index is 5.24. The molecule has 0 aromatic carbocycles. The Morgan fingerprint density at radius 3 is 2.71 bits per heavy atom. The quantitative estimate of drug-likeness (QED) is 0.684. The molecule has 78 valence electrons. The Kier molecular flexibility index (Phi) is 3.89. The van der Waals surface area contributed by atoms with Gasteiger partial charge in [-0.3, -0.25) is 9.88 Å². The molecule has 3 nitrogen and oxygen atoms in total. The third-order valence-corrected chi connectivity index (χ3v) is 2.17. The third-order valence-electron chi connectivity index (χ3n) is 2.17. The molecule has 2 rings (SSSR count). The molecule has 3 heteroatoms. The fraction of sp³-hybridized carbons (Fsp3) is 0.545. The summed E-state index contributed by atoms with van der Waals surface area (Å²) in [6.07, 6.45) is 1.80. The fourth-order valence-electron chi connectivity index (χ4n) is 1.59. The van der Waals surface area contributed by atoms with Crippen molar-refractivity contribution in [3.05, 3.63) is 23.5 Å². The van der Waals surface area contributed by atoms with Gasteiger partial charge in [-0.25, -0.2) is 0 Å². The second-order valence-electron chi connectivity index (χ2n) is 3.11. The lowest BCUT2D eigenvalue weighted by atomic mass is 10.2. The van der Waals surface area contributed by atoms with Crippen LogP contribution in [0.1, 0.15) is 25.1 Å². The number of hydrogen-bond acceptors (Lipinski definition) is 3. The molecule has 1 aromatic rings. The molecule has 1 aromatic heterocycles. The first-order valence-corrected chi connectivity index (χ1v) is 5.00. The average molecular weight is 194 g/mol. The highest BCUT2D eigenvalue weighted by Gasteiger charge is 2.19. The highest BCUT2D eigenvalue weighted by Crippen LogP contribution is 2.27. The Balaban J connectivity index is 0.000000461. The molecule has 0 unspecified atom stereocenters. The number of fused-ring (bicyclic) bond motifs is 1. The summed E-state index contributed by atoms with van der Waals surface area (Å²) >= 11 is 0. The summed E-state index contributed by atoms with van der Waals surface area (Å²) in [6, 6.07) is 1.91. The minimum atomic E-state index is 0.937. The Labute approximate surface area is 85.7 Å². The predicted molar refractivity (Wildman–Crippen MR) is 57.3 cm³/mol. The number of aromatic nitrogens is 1. The van der Waals surface area contributed by atoms with Crippen molar-refractivity contribution in [1.82, 2.24) is 9.88 Å². The highest BCUT2D eigenvalue weighted by atomic mass is 16.5. The van der Waals surface area contributed by atoms with E-state index in [1.54, 1.807) is 13.3 Å². The minimum Gasteiger partial charge on any atom is -0.496 e. The van der Waals surface area contributed by atoms with E-state index in [-0.39, 0.29) is 0 Å². The van der Waals surface area contributed by atoms with Gasteiger partial charge in [-0.1, -0.05) is 13.8 Å². The van der Waals surface area contributed by atoms with Crippen molar-refractivity contribution in [2.75, 3.05) is 14.2 Å². The molecule has 14 heavy (non-hydrogen) atoms. The molecule has 0 spiro atoms. The standard InChI is InChI=1S/C9H12N2O.C2H6/c1-11-5-7-8(6-11)10-4-3-9(7)12-2;1-2/h3-4H,5-6H2,1-2H3;1-2H3. The van der Waals surface area contributed by atoms with Gasteiger partial charge < -0.3 is 4.74 Å². The zero-order valence-corrected chi connectivity index (χ0v) is 9.37. The molecule has 0 fully saturated rings. The summed E-state index contributed by atoms with van der Waals surface area (Å²) in [5.74, 6) is 0.962. The summed E-state index contributed by atoms with van der Waals surface area (Å²) < 4.78 is 5.24. The van der Waals surface area contributed by atoms with Crippen molar-refractivity contribution < 1.29 is 4.74 Å². The van der Waals surface area contributed by atoms with Gasteiger partial charge in [-0.2, -0.15) is 0 Å². The van der Waals surface area contributed by atoms with Gasteiger partial charge in [0, 0.05) is 24.8 Å². The predicted octanol–water partition coefficient (Wildman–Crippen LogP) is 2.06. The van der Waals surface area contributed by atoms with Crippen molar-refractivity contribution in [2.24, 2.45) is 0 Å². The van der Waals surface area contributed by atoms with Gasteiger partial charge in [-0.15, -0.1) is 0 Å². The molecular weight excluding hydrogens is 176 g/mol. The second kappa shape index (κ2) is 4.96. The summed E-state index contributed by atoms with van der Waals surface area (Å²) in [7, 11) is 3.79. The van der Waals surface area contributed by atoms with E-state index in [1.807, 2.05) is 19.9 Å². The van der Waals surface area contributed by atoms with Gasteiger partial charge in [0.2, 0.25) is 0 Å². The lowest BCUT2D eigenvalue weighted by molar-refractivity contribution is 0.345. The van der Waals surface area contributed by atoms with Gasteiger partial charge in [0.25, 0.3) is 0 Å². The molecule has 0 saturated heterocycles. The number of hydrogen-bond donors (Lipinski definition) is 0. The normalized spacial score (nSPS) is 14.3. The van der Waals surface area contributed by atoms with Crippen molar-refractivity contribution in [3.63, 3.8) is 0 Å². The molecule has 2 heterocycles. The van der Waals surface area contributed by atoms with Crippen molar-refractivity contribution in [3.8, 4) is 5.75 Å². The van der Waals surface area contributed by atoms with E-state index in [9.17, 15) is 0 Å². The van der Waals surface area contributed by atoms with Crippen molar-refractivity contribution >= 4 is 0 Å². The molecule has 0 atom stereocenters. The van der Waals surface area contributed by atoms with Crippen LogP contribution >= 0.6 is 0 Å². The SMILES string of the molecule is CC.COc1ccnc2c1CN(C)C2. The first kappa shape index (κ1) is 11.0. The van der Waals surface area contributed by atoms with Crippen LogP contribution in [0.2, 0.25) is 0 Å². The zero-order valence-electron chi connectivity index (χ0n) is 9.37. The average Bonchev–Trinajstić information content (AvgIpc) is 2.60. The largest absolute Gasteiger partial charge is 0.496 e. The molecule has 0 N–H and O–H groups in total. The van der Waals surface area contributed by atoms with E-state index in [4.69, 9.17) is 4.74 Å². The van der Waals surface area contributed by atoms with E-state index in [0.29, 0.717) is 0 Å². The van der Waals surface area contributed by atoms with Crippen LogP contribution in [0.5, 0.6) is 5.75 Å². The van der Waals surface area contributed by atoms with Crippen LogP contribution in [0.3, 0.4) is 0 Å². The molecule has 1 aliphatic rings. The first-order chi connectivity index (χ1) is 6.81. The number of rotatable bonds is 1. The summed E-state index contributed by atoms with van der Waals surface area (Å²) in [6.45, 7) is 5.89. The topological polar surface area (TPSA) is 25.4 Å². The Morgan fingerprint density at radius 1 is 1.36 bits per heavy atom. The molecule has 0 radical (unpaired) electrons. The van der Waals surface area contributed by atoms with Gasteiger partial charge in [-0.05, 0) is 13.1 Å². The summed E-state index contributed by atoms with van der Waals surface area (Å²) in [4.78, 5) is 6.52. The fourth-order valence-corrected chi connectivity index (χ4v) is 1.59. The van der Waals surface area contributed by atoms with E-state index in [2.05, 4.69) is 16.9 Å². The van der Waals surface area contributed by atoms with Crippen molar-refractivity contribution in [1.29, 1.82) is 0 Å². The van der Waals surface area contributed by atoms with Gasteiger partial charge in [0.1, 0.15) is 5.75 Å². The molecule has 0 amide bonds. The van der Waals surface area contributed by atoms with Crippen LogP contribution in [0.15, 0.2) is 12.3 Å². The Hall–Kier alpha value is -1.09. The van der Waals surface area contributed by atoms with Crippen LogP contribution in [0, 0.1) is 0 Å². The van der Waals surface area contributed by atoms with E-state index in [1.165, 1.54) is 5.56 Å². The maximum atomic E-state index is 5.24. The van der Waals surface area contributed by atoms with Crippen molar-refractivity contribution in [2.45, 2.75) is 26.9 Å². The number of methoxy groups -OCH3 is 1. The number of pyridine rings is 1. The summed E-state index contributed by atoms with van der Waals surface area (Å²) in [5, 5.41) is 0. The number of nitrogens with zero attached hydrogens (tertiary/aromatic N) is 2. The molecule has 0 saturated carbocycles. The van der Waals surface area contributed by atoms with E-state index in [0.717, 1.165) is 24.5 Å². The molecular formula is C11H18N2O. The Morgan fingerprint density at radius 2 is 2.07 bits per heavy atom. The Bertz CT molecular complexity index is 299. The monoisotopic (exact) mass is 194 g/mol. The van der Waals surface area contributed by atoms with Crippen LogP contribution in [0.25, 0.3) is 0 Å². The maximum Gasteiger partial charge on any atom is 0.126 e. The van der Waals surface area contributed by atoms with Gasteiger partial charge in [0.05, 0.1) is 12.8 Å². The van der Waals surface area contributed by atoms with Gasteiger partial charge in [0.15, 0.2) is 0 Å². The lowest BCUT2D eigenvalue weighted by Crippen LogP contribution is -2.07. The second-order valence-corrected chi connectivity index (χ2v) is 3.11. The third kappa shape index (κ3) is 2.04.